The van der Waals surface area contributed by atoms with Crippen LogP contribution in [0.25, 0.3) is 0 Å². The van der Waals surface area contributed by atoms with Gasteiger partial charge < -0.3 is 30.0 Å². The van der Waals surface area contributed by atoms with Crippen LogP contribution in [-0.2, 0) is 20.9 Å². The first-order valence-corrected chi connectivity index (χ1v) is 15.9. The van der Waals surface area contributed by atoms with E-state index in [-0.39, 0.29) is 11.9 Å². The molecule has 0 aromatic heterocycles. The standard InChI is InChI=1S/C32H52N6O4/c1-33-32(41)6-5-30(25-40)35(2)23-28-21-29(4-3-27(28)24-39)38-17-15-37(16-18-38)22-26-9-13-36(14-10-26)19-20-42-31-7-11-34-12-8-31/h3-4,21,24-26,30-31,34H,5-20,22-23H2,1-2H3,(H,33,41). The highest BCUT2D eigenvalue weighted by molar-refractivity contribution is 5.79. The Morgan fingerprint density at radius 1 is 1.07 bits per heavy atom. The molecule has 10 heteroatoms. The van der Waals surface area contributed by atoms with E-state index in [0.717, 1.165) is 95.0 Å². The maximum Gasteiger partial charge on any atom is 0.219 e. The maximum atomic E-state index is 11.8. The summed E-state index contributed by atoms with van der Waals surface area (Å²) < 4.78 is 6.12. The second kappa shape index (κ2) is 17.1. The number of likely N-dealkylation sites (tertiary alicyclic amines) is 1. The van der Waals surface area contributed by atoms with Crippen LogP contribution in [0.15, 0.2) is 18.2 Å². The average molecular weight is 585 g/mol. The Bertz CT molecular complexity index is 987. The summed E-state index contributed by atoms with van der Waals surface area (Å²) in [4.78, 5) is 44.7. The number of nitrogens with zero attached hydrogens (tertiary/aromatic N) is 4. The number of carbonyl (C=O) groups is 3. The minimum Gasteiger partial charge on any atom is -0.377 e. The number of nitrogens with one attached hydrogen (secondary N) is 2. The van der Waals surface area contributed by atoms with E-state index in [1.165, 1.54) is 32.5 Å². The lowest BCUT2D eigenvalue weighted by Crippen LogP contribution is -2.49. The van der Waals surface area contributed by atoms with Crippen LogP contribution in [0.2, 0.25) is 0 Å². The fourth-order valence-corrected chi connectivity index (χ4v) is 6.48. The molecule has 4 rings (SSSR count). The predicted octanol–water partition coefficient (Wildman–Crippen LogP) is 1.63. The van der Waals surface area contributed by atoms with E-state index in [4.69, 9.17) is 4.74 Å². The van der Waals surface area contributed by atoms with Gasteiger partial charge in [-0.15, -0.1) is 0 Å². The number of piperazine rings is 1. The minimum absolute atomic E-state index is 0.0798. The molecule has 1 unspecified atom stereocenters. The van der Waals surface area contributed by atoms with Crippen LogP contribution in [0.1, 0.15) is 54.4 Å². The van der Waals surface area contributed by atoms with Gasteiger partial charge in [-0.1, -0.05) is 0 Å². The molecule has 3 aliphatic rings. The molecule has 0 spiro atoms. The molecule has 3 heterocycles. The zero-order valence-corrected chi connectivity index (χ0v) is 25.8. The predicted molar refractivity (Wildman–Crippen MR) is 166 cm³/mol. The van der Waals surface area contributed by atoms with E-state index in [0.29, 0.717) is 31.1 Å². The third kappa shape index (κ3) is 9.84. The lowest BCUT2D eigenvalue weighted by atomic mass is 9.96. The fourth-order valence-electron chi connectivity index (χ4n) is 6.48. The number of likely N-dealkylation sites (N-methyl/N-ethyl adjacent to an activating group) is 1. The van der Waals surface area contributed by atoms with Crippen LogP contribution < -0.4 is 15.5 Å². The van der Waals surface area contributed by atoms with Crippen LogP contribution in [0, 0.1) is 5.92 Å². The molecular weight excluding hydrogens is 532 g/mol. The Kier molecular flexibility index (Phi) is 13.2. The number of hydrogen-bond acceptors (Lipinski definition) is 9. The maximum absolute atomic E-state index is 11.8. The Balaban J connectivity index is 1.19. The van der Waals surface area contributed by atoms with Gasteiger partial charge in [0.05, 0.1) is 18.8 Å². The number of piperidine rings is 2. The second-order valence-electron chi connectivity index (χ2n) is 12.2. The molecule has 1 aromatic carbocycles. The molecule has 1 amide bonds. The van der Waals surface area contributed by atoms with Crippen LogP contribution >= 0.6 is 0 Å². The first-order valence-electron chi connectivity index (χ1n) is 15.9. The summed E-state index contributed by atoms with van der Waals surface area (Å²) in [5.74, 6) is 0.685. The number of anilines is 1. The highest BCUT2D eigenvalue weighted by Crippen LogP contribution is 2.24. The topological polar surface area (TPSA) is 97.5 Å². The van der Waals surface area contributed by atoms with Gasteiger partial charge in [0.2, 0.25) is 5.91 Å². The van der Waals surface area contributed by atoms with Gasteiger partial charge in [0, 0.05) is 70.5 Å². The molecule has 1 aromatic rings. The summed E-state index contributed by atoms with van der Waals surface area (Å²) in [6, 6.07) is 5.65. The van der Waals surface area contributed by atoms with Crippen molar-refractivity contribution >= 4 is 24.2 Å². The number of ether oxygens (including phenoxy) is 1. The third-order valence-electron chi connectivity index (χ3n) is 9.35. The zero-order chi connectivity index (χ0) is 29.7. The minimum atomic E-state index is -0.381. The van der Waals surface area contributed by atoms with E-state index in [1.807, 2.05) is 24.1 Å². The molecule has 3 saturated heterocycles. The first-order chi connectivity index (χ1) is 20.5. The number of rotatable bonds is 15. The molecule has 0 aliphatic carbocycles. The first kappa shape index (κ1) is 32.5. The third-order valence-corrected chi connectivity index (χ3v) is 9.35. The molecule has 2 N–H and O–H groups in total. The summed E-state index contributed by atoms with van der Waals surface area (Å²) in [7, 11) is 3.47. The Labute approximate surface area is 252 Å². The van der Waals surface area contributed by atoms with Gasteiger partial charge in [-0.25, -0.2) is 0 Å². The smallest absolute Gasteiger partial charge is 0.219 e. The lowest BCUT2D eigenvalue weighted by Gasteiger charge is -2.40. The lowest BCUT2D eigenvalue weighted by molar-refractivity contribution is -0.121. The fraction of sp³-hybridized carbons (Fsp3) is 0.719. The highest BCUT2D eigenvalue weighted by atomic mass is 16.5. The van der Waals surface area contributed by atoms with E-state index in [2.05, 4.69) is 31.4 Å². The molecule has 10 nitrogen and oxygen atoms in total. The zero-order valence-electron chi connectivity index (χ0n) is 25.8. The van der Waals surface area contributed by atoms with Crippen molar-refractivity contribution in [3.63, 3.8) is 0 Å². The van der Waals surface area contributed by atoms with E-state index in [1.54, 1.807) is 7.05 Å². The molecule has 234 valence electrons. The summed E-state index contributed by atoms with van der Waals surface area (Å²) in [6.07, 6.45) is 7.78. The molecule has 42 heavy (non-hydrogen) atoms. The van der Waals surface area contributed by atoms with Crippen molar-refractivity contribution in [2.45, 2.75) is 57.2 Å². The summed E-state index contributed by atoms with van der Waals surface area (Å²) in [5, 5.41) is 6.00. The molecule has 0 saturated carbocycles. The SMILES string of the molecule is CNC(=O)CCC(C=O)N(C)Cc1cc(N2CCN(CC3CCN(CCOC4CCNCC4)CC3)CC2)ccc1C=O. The average Bonchev–Trinajstić information content (AvgIpc) is 3.03. The number of aldehydes is 2. The van der Waals surface area contributed by atoms with Gasteiger partial charge in [-0.3, -0.25) is 19.4 Å². The highest BCUT2D eigenvalue weighted by Gasteiger charge is 2.25. The quantitative estimate of drug-likeness (QED) is 0.298. The Morgan fingerprint density at radius 3 is 2.48 bits per heavy atom. The number of hydrogen-bond donors (Lipinski definition) is 2. The van der Waals surface area contributed by atoms with E-state index >= 15 is 0 Å². The molecular formula is C32H52N6O4. The van der Waals surface area contributed by atoms with E-state index in [9.17, 15) is 14.4 Å². The van der Waals surface area contributed by atoms with Crippen molar-refractivity contribution in [2.24, 2.45) is 5.92 Å². The number of amides is 1. The molecule has 1 atom stereocenters. The van der Waals surface area contributed by atoms with Crippen molar-refractivity contribution < 1.29 is 19.1 Å². The monoisotopic (exact) mass is 584 g/mol. The van der Waals surface area contributed by atoms with Crippen molar-refractivity contribution in [3.05, 3.63) is 29.3 Å². The largest absolute Gasteiger partial charge is 0.377 e. The Morgan fingerprint density at radius 2 is 1.81 bits per heavy atom. The number of carbonyl (C=O) groups excluding carboxylic acids is 3. The van der Waals surface area contributed by atoms with Gasteiger partial charge >= 0.3 is 0 Å². The molecule has 0 radical (unpaired) electrons. The van der Waals surface area contributed by atoms with Gasteiger partial charge in [0.15, 0.2) is 0 Å². The van der Waals surface area contributed by atoms with Crippen LogP contribution in [-0.4, -0.2) is 131 Å². The van der Waals surface area contributed by atoms with Crippen molar-refractivity contribution in [1.29, 1.82) is 0 Å². The summed E-state index contributed by atoms with van der Waals surface area (Å²) >= 11 is 0. The van der Waals surface area contributed by atoms with Gasteiger partial charge in [-0.2, -0.15) is 0 Å². The van der Waals surface area contributed by atoms with Crippen molar-refractivity contribution in [1.82, 2.24) is 25.3 Å². The van der Waals surface area contributed by atoms with Crippen molar-refractivity contribution in [3.8, 4) is 0 Å². The molecule has 0 bridgehead atoms. The van der Waals surface area contributed by atoms with Crippen LogP contribution in [0.3, 0.4) is 0 Å². The Hall–Kier alpha value is -2.37. The molecule has 3 fully saturated rings. The normalized spacial score (nSPS) is 20.5. The number of benzene rings is 1. The van der Waals surface area contributed by atoms with Gasteiger partial charge in [0.25, 0.3) is 0 Å². The van der Waals surface area contributed by atoms with E-state index < -0.39 is 0 Å². The molecule has 3 aliphatic heterocycles. The summed E-state index contributed by atoms with van der Waals surface area (Å²) in [5.41, 5.74) is 2.67. The van der Waals surface area contributed by atoms with Crippen molar-refractivity contribution in [2.75, 3.05) is 91.0 Å². The second-order valence-corrected chi connectivity index (χ2v) is 12.2. The summed E-state index contributed by atoms with van der Waals surface area (Å²) in [6.45, 7) is 12.1. The van der Waals surface area contributed by atoms with Gasteiger partial charge in [0.1, 0.15) is 12.6 Å². The van der Waals surface area contributed by atoms with Crippen LogP contribution in [0.4, 0.5) is 5.69 Å². The van der Waals surface area contributed by atoms with Crippen LogP contribution in [0.5, 0.6) is 0 Å². The van der Waals surface area contributed by atoms with Gasteiger partial charge in [-0.05, 0) is 95.0 Å².